The van der Waals surface area contributed by atoms with Gasteiger partial charge in [0.05, 0.1) is 15.2 Å². The quantitative estimate of drug-likeness (QED) is 0.721. The van der Waals surface area contributed by atoms with Crippen LogP contribution in [0.2, 0.25) is 0 Å². The third-order valence-corrected chi connectivity index (χ3v) is 3.43. The Balaban J connectivity index is 0.00000112. The Hall–Kier alpha value is -0.600. The van der Waals surface area contributed by atoms with Crippen LogP contribution in [-0.4, -0.2) is 4.98 Å². The molecule has 0 spiro atoms. The van der Waals surface area contributed by atoms with Crippen molar-refractivity contribution in [2.24, 2.45) is 0 Å². The summed E-state index contributed by atoms with van der Waals surface area (Å²) in [6.07, 6.45) is 5.02. The summed E-state index contributed by atoms with van der Waals surface area (Å²) in [7, 11) is 0. The van der Waals surface area contributed by atoms with Crippen molar-refractivity contribution in [1.29, 1.82) is 0 Å². The third kappa shape index (κ3) is 3.18. The first-order chi connectivity index (χ1) is 6.90. The molecule has 0 atom stereocenters. The molecule has 0 saturated carbocycles. The summed E-state index contributed by atoms with van der Waals surface area (Å²) < 4.78 is 1.32. The van der Waals surface area contributed by atoms with E-state index < -0.39 is 0 Å². The van der Waals surface area contributed by atoms with Crippen molar-refractivity contribution in [1.82, 2.24) is 4.98 Å². The molecule has 0 fully saturated rings. The van der Waals surface area contributed by atoms with Crippen molar-refractivity contribution >= 4 is 34.0 Å². The average molecular weight is 242 g/mol. The number of hydrogen-bond acceptors (Lipinski definition) is 2. The smallest absolute Gasteiger partial charge is 0.0938 e. The number of aryl methyl sites for hydroxylation is 1. The molecule has 2 aromatic rings. The molecule has 3 heteroatoms. The largest absolute Gasteiger partial charge is 0.241 e. The van der Waals surface area contributed by atoms with Gasteiger partial charge in [-0.05, 0) is 25.0 Å². The number of rotatable bonds is 4. The zero-order chi connectivity index (χ0) is 9.80. The van der Waals surface area contributed by atoms with E-state index in [1.54, 1.807) is 0 Å². The maximum absolute atomic E-state index is 4.60. The van der Waals surface area contributed by atoms with E-state index in [1.807, 2.05) is 11.3 Å². The highest BCUT2D eigenvalue weighted by Gasteiger charge is 2.01. The fourth-order valence-electron chi connectivity index (χ4n) is 1.55. The van der Waals surface area contributed by atoms with Crippen LogP contribution in [0.3, 0.4) is 0 Å². The predicted molar refractivity (Wildman–Crippen MR) is 70.1 cm³/mol. The first-order valence-electron chi connectivity index (χ1n) is 5.24. The van der Waals surface area contributed by atoms with Gasteiger partial charge in [-0.15, -0.1) is 23.7 Å². The second-order valence-electron chi connectivity index (χ2n) is 3.53. The molecular formula is C12H16ClNS. The van der Waals surface area contributed by atoms with E-state index in [-0.39, 0.29) is 12.4 Å². The van der Waals surface area contributed by atoms with Gasteiger partial charge in [-0.3, -0.25) is 0 Å². The topological polar surface area (TPSA) is 12.9 Å². The molecule has 0 aliphatic carbocycles. The molecule has 1 aromatic heterocycles. The van der Waals surface area contributed by atoms with Crippen LogP contribution in [0.1, 0.15) is 31.2 Å². The highest BCUT2D eigenvalue weighted by atomic mass is 35.5. The van der Waals surface area contributed by atoms with E-state index in [4.69, 9.17) is 0 Å². The number of thiazole rings is 1. The van der Waals surface area contributed by atoms with Crippen LogP contribution in [0.4, 0.5) is 0 Å². The monoisotopic (exact) mass is 241 g/mol. The lowest BCUT2D eigenvalue weighted by molar-refractivity contribution is 0.716. The molecule has 0 radical (unpaired) electrons. The molecule has 1 aromatic carbocycles. The van der Waals surface area contributed by atoms with Crippen molar-refractivity contribution in [3.8, 4) is 0 Å². The van der Waals surface area contributed by atoms with E-state index in [0.717, 1.165) is 11.9 Å². The summed E-state index contributed by atoms with van der Waals surface area (Å²) in [4.78, 5) is 4.60. The minimum Gasteiger partial charge on any atom is -0.241 e. The molecule has 0 N–H and O–H groups in total. The number of unbranched alkanes of at least 4 members (excludes halogenated alkanes) is 2. The summed E-state index contributed by atoms with van der Waals surface area (Å²) in [5, 5.41) is 1.29. The molecule has 82 valence electrons. The van der Waals surface area contributed by atoms with Gasteiger partial charge in [0.2, 0.25) is 0 Å². The molecule has 0 saturated heterocycles. The number of fused-ring (bicyclic) bond motifs is 1. The zero-order valence-electron chi connectivity index (χ0n) is 8.90. The second-order valence-corrected chi connectivity index (χ2v) is 4.65. The lowest BCUT2D eigenvalue weighted by Crippen LogP contribution is -1.82. The van der Waals surface area contributed by atoms with Crippen molar-refractivity contribution in [2.75, 3.05) is 0 Å². The molecule has 15 heavy (non-hydrogen) atoms. The van der Waals surface area contributed by atoms with E-state index in [9.17, 15) is 0 Å². The van der Waals surface area contributed by atoms with Crippen LogP contribution >= 0.6 is 23.7 Å². The summed E-state index contributed by atoms with van der Waals surface area (Å²) in [5.74, 6) is 0. The second kappa shape index (κ2) is 6.09. The molecule has 1 nitrogen and oxygen atoms in total. The first-order valence-corrected chi connectivity index (χ1v) is 6.06. The van der Waals surface area contributed by atoms with Gasteiger partial charge in [-0.2, -0.15) is 0 Å². The van der Waals surface area contributed by atoms with Crippen molar-refractivity contribution in [3.05, 3.63) is 29.3 Å². The molecule has 1 heterocycles. The van der Waals surface area contributed by atoms with Gasteiger partial charge in [0, 0.05) is 0 Å². The molecule has 0 aliphatic heterocycles. The van der Waals surface area contributed by atoms with E-state index in [1.165, 1.54) is 29.0 Å². The van der Waals surface area contributed by atoms with Crippen molar-refractivity contribution in [2.45, 2.75) is 32.6 Å². The van der Waals surface area contributed by atoms with Crippen LogP contribution in [0, 0.1) is 0 Å². The molecule has 0 aliphatic rings. The van der Waals surface area contributed by atoms with Crippen LogP contribution in [0.15, 0.2) is 24.3 Å². The van der Waals surface area contributed by atoms with Gasteiger partial charge in [0.1, 0.15) is 0 Å². The fourth-order valence-corrected chi connectivity index (χ4v) is 2.56. The SMILES string of the molecule is CCCCCc1nc2ccccc2s1.Cl. The predicted octanol–water partition coefficient (Wildman–Crippen LogP) is 4.45. The van der Waals surface area contributed by atoms with Crippen LogP contribution in [0.25, 0.3) is 10.2 Å². The van der Waals surface area contributed by atoms with Crippen LogP contribution < -0.4 is 0 Å². The highest BCUT2D eigenvalue weighted by Crippen LogP contribution is 2.22. The first kappa shape index (κ1) is 12.5. The average Bonchev–Trinajstić information content (AvgIpc) is 2.60. The van der Waals surface area contributed by atoms with Gasteiger partial charge in [-0.1, -0.05) is 31.9 Å². The summed E-state index contributed by atoms with van der Waals surface area (Å²) in [6.45, 7) is 2.23. The molecule has 0 amide bonds. The van der Waals surface area contributed by atoms with Crippen molar-refractivity contribution in [3.63, 3.8) is 0 Å². The van der Waals surface area contributed by atoms with Crippen LogP contribution in [0.5, 0.6) is 0 Å². The Labute approximate surface area is 101 Å². The van der Waals surface area contributed by atoms with E-state index >= 15 is 0 Å². The number of benzene rings is 1. The van der Waals surface area contributed by atoms with Crippen LogP contribution in [-0.2, 0) is 6.42 Å². The van der Waals surface area contributed by atoms with Gasteiger partial charge in [0.15, 0.2) is 0 Å². The van der Waals surface area contributed by atoms with Gasteiger partial charge >= 0.3 is 0 Å². The Kier molecular flexibility index (Phi) is 5.06. The third-order valence-electron chi connectivity index (χ3n) is 2.33. The minimum atomic E-state index is 0. The number of nitrogens with zero attached hydrogens (tertiary/aromatic N) is 1. The Morgan fingerprint density at radius 1 is 1.20 bits per heavy atom. The molecule has 0 bridgehead atoms. The standard InChI is InChI=1S/C12H15NS.ClH/c1-2-3-4-9-12-13-10-7-5-6-8-11(10)14-12;/h5-8H,2-4,9H2,1H3;1H. The Bertz CT molecular complexity index is 378. The fraction of sp³-hybridized carbons (Fsp3) is 0.417. The Morgan fingerprint density at radius 2 is 2.00 bits per heavy atom. The number of aromatic nitrogens is 1. The lowest BCUT2D eigenvalue weighted by atomic mass is 10.2. The van der Waals surface area contributed by atoms with E-state index in [0.29, 0.717) is 0 Å². The number of hydrogen-bond donors (Lipinski definition) is 0. The molecular weight excluding hydrogens is 226 g/mol. The summed E-state index contributed by atoms with van der Waals surface area (Å²) in [5.41, 5.74) is 1.16. The summed E-state index contributed by atoms with van der Waals surface area (Å²) in [6, 6.07) is 8.37. The summed E-state index contributed by atoms with van der Waals surface area (Å²) >= 11 is 1.84. The van der Waals surface area contributed by atoms with E-state index in [2.05, 4.69) is 36.2 Å². The number of para-hydroxylation sites is 1. The minimum absolute atomic E-state index is 0. The van der Waals surface area contributed by atoms with Crippen molar-refractivity contribution < 1.29 is 0 Å². The normalized spacial score (nSPS) is 10.2. The lowest BCUT2D eigenvalue weighted by Gasteiger charge is -1.92. The maximum Gasteiger partial charge on any atom is 0.0938 e. The Morgan fingerprint density at radius 3 is 2.73 bits per heavy atom. The molecule has 2 rings (SSSR count). The van der Waals surface area contributed by atoms with Gasteiger partial charge in [0.25, 0.3) is 0 Å². The van der Waals surface area contributed by atoms with Gasteiger partial charge < -0.3 is 0 Å². The highest BCUT2D eigenvalue weighted by molar-refractivity contribution is 7.18. The maximum atomic E-state index is 4.60. The zero-order valence-corrected chi connectivity index (χ0v) is 10.5. The van der Waals surface area contributed by atoms with Gasteiger partial charge in [-0.25, -0.2) is 4.98 Å². The molecule has 0 unspecified atom stereocenters. The number of halogens is 1.